The Labute approximate surface area is 157 Å². The normalized spacial score (nSPS) is 17.1. The summed E-state index contributed by atoms with van der Waals surface area (Å²) in [6.45, 7) is 1.35. The smallest absolute Gasteiger partial charge is 0.306 e. The summed E-state index contributed by atoms with van der Waals surface area (Å²) in [6, 6.07) is 18.4. The highest BCUT2D eigenvalue weighted by atomic mass is 19.1. The van der Waals surface area contributed by atoms with Crippen LogP contribution in [-0.2, 0) is 4.79 Å². The molecule has 5 heteroatoms. The molecule has 4 rings (SSSR count). The number of fused-ring (bicyclic) bond motifs is 1. The standard InChI is InChI=1S/C22H21FN2O2/c23-18-8-5-16(6-9-18)21(25-13-11-17(12-14-25)22(26)27)20-10-7-15-3-1-2-4-19(15)24-20/h1-10,17,21H,11-14H2,(H,26,27). The third kappa shape index (κ3) is 3.69. The Morgan fingerprint density at radius 1 is 1.04 bits per heavy atom. The van der Waals surface area contributed by atoms with Crippen LogP contribution in [0.15, 0.2) is 60.7 Å². The van der Waals surface area contributed by atoms with E-state index in [0.29, 0.717) is 25.9 Å². The number of rotatable bonds is 4. The van der Waals surface area contributed by atoms with Crippen molar-refractivity contribution < 1.29 is 14.3 Å². The van der Waals surface area contributed by atoms with Crippen LogP contribution in [0.3, 0.4) is 0 Å². The van der Waals surface area contributed by atoms with E-state index in [-0.39, 0.29) is 17.8 Å². The van der Waals surface area contributed by atoms with Gasteiger partial charge in [0.05, 0.1) is 23.2 Å². The lowest BCUT2D eigenvalue weighted by molar-refractivity contribution is -0.143. The fraction of sp³-hybridized carbons (Fsp3) is 0.273. The van der Waals surface area contributed by atoms with Crippen molar-refractivity contribution in [2.75, 3.05) is 13.1 Å². The average Bonchev–Trinajstić information content (AvgIpc) is 2.70. The van der Waals surface area contributed by atoms with Crippen LogP contribution in [0.2, 0.25) is 0 Å². The van der Waals surface area contributed by atoms with Gasteiger partial charge in [-0.2, -0.15) is 0 Å². The second kappa shape index (κ2) is 7.45. The van der Waals surface area contributed by atoms with Crippen LogP contribution in [0.4, 0.5) is 4.39 Å². The van der Waals surface area contributed by atoms with E-state index in [2.05, 4.69) is 11.0 Å². The topological polar surface area (TPSA) is 53.4 Å². The zero-order valence-corrected chi connectivity index (χ0v) is 14.9. The van der Waals surface area contributed by atoms with Crippen molar-refractivity contribution in [3.8, 4) is 0 Å². The van der Waals surface area contributed by atoms with Gasteiger partial charge in [0.1, 0.15) is 5.82 Å². The minimum Gasteiger partial charge on any atom is -0.481 e. The summed E-state index contributed by atoms with van der Waals surface area (Å²) >= 11 is 0. The highest BCUT2D eigenvalue weighted by Gasteiger charge is 2.30. The van der Waals surface area contributed by atoms with Crippen molar-refractivity contribution in [3.05, 3.63) is 77.7 Å². The van der Waals surface area contributed by atoms with Crippen molar-refractivity contribution in [2.45, 2.75) is 18.9 Å². The molecule has 0 spiro atoms. The molecule has 138 valence electrons. The minimum atomic E-state index is -0.725. The second-order valence-electron chi connectivity index (χ2n) is 7.03. The van der Waals surface area contributed by atoms with Crippen LogP contribution in [-0.4, -0.2) is 34.0 Å². The van der Waals surface area contributed by atoms with Crippen molar-refractivity contribution in [2.24, 2.45) is 5.92 Å². The molecule has 2 heterocycles. The quantitative estimate of drug-likeness (QED) is 0.752. The number of carboxylic acids is 1. The van der Waals surface area contributed by atoms with Crippen LogP contribution in [0, 0.1) is 11.7 Å². The molecule has 1 fully saturated rings. The number of hydrogen-bond donors (Lipinski definition) is 1. The van der Waals surface area contributed by atoms with Gasteiger partial charge in [0, 0.05) is 5.39 Å². The Morgan fingerprint density at radius 3 is 2.44 bits per heavy atom. The molecule has 0 bridgehead atoms. The molecule has 0 aliphatic carbocycles. The first kappa shape index (κ1) is 17.6. The number of nitrogens with zero attached hydrogens (tertiary/aromatic N) is 2. The maximum atomic E-state index is 13.4. The maximum absolute atomic E-state index is 13.4. The molecule has 27 heavy (non-hydrogen) atoms. The molecule has 3 aromatic rings. The van der Waals surface area contributed by atoms with E-state index in [9.17, 15) is 14.3 Å². The molecule has 1 N–H and O–H groups in total. The van der Waals surface area contributed by atoms with Gasteiger partial charge in [-0.3, -0.25) is 14.7 Å². The van der Waals surface area contributed by atoms with Crippen molar-refractivity contribution in [1.82, 2.24) is 9.88 Å². The van der Waals surface area contributed by atoms with Crippen LogP contribution < -0.4 is 0 Å². The first-order chi connectivity index (χ1) is 13.1. The van der Waals surface area contributed by atoms with Gasteiger partial charge in [0.2, 0.25) is 0 Å². The summed E-state index contributed by atoms with van der Waals surface area (Å²) in [4.78, 5) is 18.4. The summed E-state index contributed by atoms with van der Waals surface area (Å²) in [7, 11) is 0. The van der Waals surface area contributed by atoms with Crippen LogP contribution in [0.5, 0.6) is 0 Å². The molecule has 1 saturated heterocycles. The van der Waals surface area contributed by atoms with Gasteiger partial charge in [-0.15, -0.1) is 0 Å². The predicted molar refractivity (Wildman–Crippen MR) is 102 cm³/mol. The predicted octanol–water partition coefficient (Wildman–Crippen LogP) is 4.26. The molecule has 4 nitrogen and oxygen atoms in total. The van der Waals surface area contributed by atoms with Crippen molar-refractivity contribution in [1.29, 1.82) is 0 Å². The van der Waals surface area contributed by atoms with Gasteiger partial charge in [0.25, 0.3) is 0 Å². The molecule has 2 aromatic carbocycles. The molecule has 1 aliphatic heterocycles. The van der Waals surface area contributed by atoms with E-state index in [0.717, 1.165) is 22.2 Å². The Balaban J connectivity index is 1.71. The molecular formula is C22H21FN2O2. The number of para-hydroxylation sites is 1. The van der Waals surface area contributed by atoms with Gasteiger partial charge in [-0.05, 0) is 55.8 Å². The van der Waals surface area contributed by atoms with Gasteiger partial charge in [-0.25, -0.2) is 4.39 Å². The zero-order chi connectivity index (χ0) is 18.8. The lowest BCUT2D eigenvalue weighted by Crippen LogP contribution is -2.39. The number of pyridine rings is 1. The average molecular weight is 364 g/mol. The lowest BCUT2D eigenvalue weighted by Gasteiger charge is -2.36. The number of benzene rings is 2. The fourth-order valence-electron chi connectivity index (χ4n) is 3.85. The lowest BCUT2D eigenvalue weighted by atomic mass is 9.93. The number of piperidine rings is 1. The highest BCUT2D eigenvalue weighted by Crippen LogP contribution is 2.32. The number of hydrogen-bond acceptors (Lipinski definition) is 3. The third-order valence-corrected chi connectivity index (χ3v) is 5.33. The zero-order valence-electron chi connectivity index (χ0n) is 14.9. The Bertz CT molecular complexity index is 950. The Hall–Kier alpha value is -2.79. The summed E-state index contributed by atoms with van der Waals surface area (Å²) in [6.07, 6.45) is 1.22. The second-order valence-corrected chi connectivity index (χ2v) is 7.03. The number of carboxylic acid groups (broad SMARTS) is 1. The fourth-order valence-corrected chi connectivity index (χ4v) is 3.85. The molecule has 0 saturated carbocycles. The van der Waals surface area contributed by atoms with Crippen LogP contribution >= 0.6 is 0 Å². The van der Waals surface area contributed by atoms with E-state index in [1.165, 1.54) is 12.1 Å². The minimum absolute atomic E-state index is 0.120. The van der Waals surface area contributed by atoms with E-state index < -0.39 is 5.97 Å². The maximum Gasteiger partial charge on any atom is 0.306 e. The molecule has 0 radical (unpaired) electrons. The summed E-state index contributed by atoms with van der Waals surface area (Å²) in [5.74, 6) is -1.29. The Kier molecular flexibility index (Phi) is 4.86. The number of likely N-dealkylation sites (tertiary alicyclic amines) is 1. The molecule has 1 unspecified atom stereocenters. The number of aromatic nitrogens is 1. The van der Waals surface area contributed by atoms with Crippen molar-refractivity contribution >= 4 is 16.9 Å². The summed E-state index contributed by atoms with van der Waals surface area (Å²) < 4.78 is 13.4. The van der Waals surface area contributed by atoms with Crippen molar-refractivity contribution in [3.63, 3.8) is 0 Å². The number of carbonyl (C=O) groups is 1. The first-order valence-electron chi connectivity index (χ1n) is 9.20. The number of aliphatic carboxylic acids is 1. The van der Waals surface area contributed by atoms with E-state index in [1.807, 2.05) is 30.3 Å². The highest BCUT2D eigenvalue weighted by molar-refractivity contribution is 5.78. The largest absolute Gasteiger partial charge is 0.481 e. The molecular weight excluding hydrogens is 343 g/mol. The van der Waals surface area contributed by atoms with E-state index in [4.69, 9.17) is 4.98 Å². The van der Waals surface area contributed by atoms with Crippen LogP contribution in [0.25, 0.3) is 10.9 Å². The monoisotopic (exact) mass is 364 g/mol. The summed E-state index contributed by atoms with van der Waals surface area (Å²) in [5, 5.41) is 10.3. The summed E-state index contributed by atoms with van der Waals surface area (Å²) in [5.41, 5.74) is 2.78. The van der Waals surface area contributed by atoms with Gasteiger partial charge < -0.3 is 5.11 Å². The van der Waals surface area contributed by atoms with Gasteiger partial charge >= 0.3 is 5.97 Å². The first-order valence-corrected chi connectivity index (χ1v) is 9.20. The molecule has 1 aromatic heterocycles. The van der Waals surface area contributed by atoms with Crippen LogP contribution in [0.1, 0.15) is 30.1 Å². The molecule has 1 atom stereocenters. The molecule has 1 aliphatic rings. The van der Waals surface area contributed by atoms with E-state index >= 15 is 0 Å². The Morgan fingerprint density at radius 2 is 1.74 bits per heavy atom. The van der Waals surface area contributed by atoms with Gasteiger partial charge in [0.15, 0.2) is 0 Å². The number of halogens is 1. The van der Waals surface area contributed by atoms with E-state index in [1.54, 1.807) is 12.1 Å². The van der Waals surface area contributed by atoms with Gasteiger partial charge in [-0.1, -0.05) is 36.4 Å². The SMILES string of the molecule is O=C(O)C1CCN(C(c2ccc(F)cc2)c2ccc3ccccc3n2)CC1. The third-order valence-electron chi connectivity index (χ3n) is 5.33. The molecule has 0 amide bonds.